The van der Waals surface area contributed by atoms with E-state index in [-0.39, 0.29) is 5.91 Å². The van der Waals surface area contributed by atoms with Gasteiger partial charge in [0.15, 0.2) is 5.11 Å². The molecule has 0 radical (unpaired) electrons. The molecule has 1 amide bonds. The highest BCUT2D eigenvalue weighted by atomic mass is 79.9. The average Bonchev–Trinajstić information content (AvgIpc) is 2.38. The van der Waals surface area contributed by atoms with Crippen molar-refractivity contribution in [2.75, 3.05) is 5.32 Å². The minimum atomic E-state index is -0.0261. The first-order valence-electron chi connectivity index (χ1n) is 6.90. The number of thiocarbonyl (C=S) groups is 1. The normalized spacial score (nSPS) is 10.2. The molecule has 1 aromatic carbocycles. The van der Waals surface area contributed by atoms with Crippen molar-refractivity contribution in [1.82, 2.24) is 5.32 Å². The third-order valence-corrected chi connectivity index (χ3v) is 3.74. The molecule has 5 heteroatoms. The van der Waals surface area contributed by atoms with Gasteiger partial charge in [-0.2, -0.15) is 0 Å². The summed E-state index contributed by atoms with van der Waals surface area (Å²) in [6, 6.07) is 5.92. The van der Waals surface area contributed by atoms with Crippen LogP contribution in [0.4, 0.5) is 5.69 Å². The molecule has 0 aliphatic heterocycles. The molecule has 2 N–H and O–H groups in total. The number of amides is 1. The molecule has 0 aliphatic rings. The number of anilines is 1. The quantitative estimate of drug-likeness (QED) is 0.580. The van der Waals surface area contributed by atoms with Crippen LogP contribution in [0.15, 0.2) is 22.7 Å². The van der Waals surface area contributed by atoms with Gasteiger partial charge in [0.05, 0.1) is 5.69 Å². The van der Waals surface area contributed by atoms with Crippen LogP contribution < -0.4 is 10.6 Å². The first-order chi connectivity index (χ1) is 9.52. The number of benzene rings is 1. The highest BCUT2D eigenvalue weighted by Gasteiger charge is 2.06. The molecule has 0 heterocycles. The summed E-state index contributed by atoms with van der Waals surface area (Å²) < 4.78 is 0.928. The Kier molecular flexibility index (Phi) is 7.77. The van der Waals surface area contributed by atoms with Crippen LogP contribution in [0.3, 0.4) is 0 Å². The van der Waals surface area contributed by atoms with E-state index in [0.29, 0.717) is 11.5 Å². The Balaban J connectivity index is 2.37. The third kappa shape index (κ3) is 6.48. The first-order valence-corrected chi connectivity index (χ1v) is 8.10. The van der Waals surface area contributed by atoms with Gasteiger partial charge in [0.25, 0.3) is 0 Å². The number of unbranched alkanes of at least 4 members (excludes halogenated alkanes) is 3. The van der Waals surface area contributed by atoms with Gasteiger partial charge in [-0.25, -0.2) is 0 Å². The standard InChI is InChI=1S/C15H21BrN2OS/c1-3-4-5-6-7-14(19)18-15(20)17-13-9-8-11(2)10-12(13)16/h8-10H,3-7H2,1-2H3,(H2,17,18,19,20). The minimum absolute atomic E-state index is 0.0261. The maximum Gasteiger partial charge on any atom is 0.226 e. The molecular weight excluding hydrogens is 336 g/mol. The largest absolute Gasteiger partial charge is 0.331 e. The predicted octanol–water partition coefficient (Wildman–Crippen LogP) is 4.54. The molecule has 0 aliphatic carbocycles. The van der Waals surface area contributed by atoms with E-state index in [1.165, 1.54) is 12.8 Å². The Morgan fingerprint density at radius 1 is 1.30 bits per heavy atom. The van der Waals surface area contributed by atoms with E-state index in [9.17, 15) is 4.79 Å². The second kappa shape index (κ2) is 9.08. The zero-order chi connectivity index (χ0) is 15.0. The third-order valence-electron chi connectivity index (χ3n) is 2.88. The number of aryl methyl sites for hydroxylation is 1. The summed E-state index contributed by atoms with van der Waals surface area (Å²) in [5.41, 5.74) is 2.01. The van der Waals surface area contributed by atoms with Crippen LogP contribution >= 0.6 is 28.1 Å². The van der Waals surface area contributed by atoms with E-state index in [0.717, 1.165) is 28.6 Å². The number of halogens is 1. The highest BCUT2D eigenvalue weighted by Crippen LogP contribution is 2.23. The molecule has 0 bridgehead atoms. The fraction of sp³-hybridized carbons (Fsp3) is 0.467. The molecule has 0 saturated carbocycles. The van der Waals surface area contributed by atoms with E-state index in [4.69, 9.17) is 12.2 Å². The van der Waals surface area contributed by atoms with Gasteiger partial charge >= 0.3 is 0 Å². The summed E-state index contributed by atoms with van der Waals surface area (Å²) in [7, 11) is 0. The van der Waals surface area contributed by atoms with Crippen molar-refractivity contribution in [3.05, 3.63) is 28.2 Å². The van der Waals surface area contributed by atoms with Crippen molar-refractivity contribution >= 4 is 44.9 Å². The number of nitrogens with one attached hydrogen (secondary N) is 2. The van der Waals surface area contributed by atoms with Gasteiger partial charge < -0.3 is 10.6 Å². The Bertz CT molecular complexity index is 477. The Morgan fingerprint density at radius 2 is 2.05 bits per heavy atom. The summed E-state index contributed by atoms with van der Waals surface area (Å²) in [6.45, 7) is 4.17. The van der Waals surface area contributed by atoms with E-state index >= 15 is 0 Å². The van der Waals surface area contributed by atoms with Gasteiger partial charge in [0, 0.05) is 10.9 Å². The van der Waals surface area contributed by atoms with Gasteiger partial charge in [0.1, 0.15) is 0 Å². The van der Waals surface area contributed by atoms with E-state index in [2.05, 4.69) is 33.5 Å². The van der Waals surface area contributed by atoms with Gasteiger partial charge in [-0.05, 0) is 59.2 Å². The molecule has 0 aromatic heterocycles. The number of carbonyl (C=O) groups is 1. The number of hydrogen-bond donors (Lipinski definition) is 2. The van der Waals surface area contributed by atoms with Crippen LogP contribution in [0.2, 0.25) is 0 Å². The molecule has 0 spiro atoms. The second-order valence-corrected chi connectivity index (χ2v) is 6.06. The molecular formula is C15H21BrN2OS. The average molecular weight is 357 g/mol. The maximum atomic E-state index is 11.7. The van der Waals surface area contributed by atoms with Gasteiger partial charge in [0.2, 0.25) is 5.91 Å². The predicted molar refractivity (Wildman–Crippen MR) is 92.0 cm³/mol. The zero-order valence-corrected chi connectivity index (χ0v) is 14.4. The fourth-order valence-electron chi connectivity index (χ4n) is 1.78. The summed E-state index contributed by atoms with van der Waals surface area (Å²) in [5, 5.41) is 6.07. The van der Waals surface area contributed by atoms with Crippen LogP contribution in [0, 0.1) is 6.92 Å². The highest BCUT2D eigenvalue weighted by molar-refractivity contribution is 9.10. The summed E-state index contributed by atoms with van der Waals surface area (Å²) >= 11 is 8.61. The monoisotopic (exact) mass is 356 g/mol. The molecule has 1 aromatic rings. The maximum absolute atomic E-state index is 11.7. The molecule has 3 nitrogen and oxygen atoms in total. The van der Waals surface area contributed by atoms with Gasteiger partial charge in [-0.1, -0.05) is 32.3 Å². The second-order valence-electron chi connectivity index (χ2n) is 4.80. The summed E-state index contributed by atoms with van der Waals surface area (Å²) in [5.74, 6) is -0.0261. The van der Waals surface area contributed by atoms with Crippen molar-refractivity contribution in [2.24, 2.45) is 0 Å². The van der Waals surface area contributed by atoms with Crippen LogP contribution in [-0.4, -0.2) is 11.0 Å². The van der Waals surface area contributed by atoms with Crippen LogP contribution in [0.25, 0.3) is 0 Å². The lowest BCUT2D eigenvalue weighted by molar-refractivity contribution is -0.119. The lowest BCUT2D eigenvalue weighted by Crippen LogP contribution is -2.34. The fourth-order valence-corrected chi connectivity index (χ4v) is 2.59. The van der Waals surface area contributed by atoms with Crippen molar-refractivity contribution < 1.29 is 4.79 Å². The van der Waals surface area contributed by atoms with Crippen molar-refractivity contribution in [3.8, 4) is 0 Å². The van der Waals surface area contributed by atoms with Crippen LogP contribution in [0.1, 0.15) is 44.6 Å². The Hall–Kier alpha value is -0.940. The minimum Gasteiger partial charge on any atom is -0.331 e. The van der Waals surface area contributed by atoms with E-state index in [1.54, 1.807) is 0 Å². The number of hydrogen-bond acceptors (Lipinski definition) is 2. The molecule has 0 atom stereocenters. The van der Waals surface area contributed by atoms with Gasteiger partial charge in [-0.15, -0.1) is 0 Å². The zero-order valence-electron chi connectivity index (χ0n) is 12.0. The van der Waals surface area contributed by atoms with E-state index < -0.39 is 0 Å². The van der Waals surface area contributed by atoms with E-state index in [1.807, 2.05) is 25.1 Å². The topological polar surface area (TPSA) is 41.1 Å². The smallest absolute Gasteiger partial charge is 0.226 e. The molecule has 0 fully saturated rings. The molecule has 0 saturated heterocycles. The van der Waals surface area contributed by atoms with Crippen molar-refractivity contribution in [1.29, 1.82) is 0 Å². The lowest BCUT2D eigenvalue weighted by Gasteiger charge is -2.11. The molecule has 110 valence electrons. The Morgan fingerprint density at radius 3 is 2.70 bits per heavy atom. The number of carbonyl (C=O) groups excluding carboxylic acids is 1. The van der Waals surface area contributed by atoms with Crippen molar-refractivity contribution in [3.63, 3.8) is 0 Å². The van der Waals surface area contributed by atoms with Crippen LogP contribution in [0.5, 0.6) is 0 Å². The molecule has 0 unspecified atom stereocenters. The molecule has 1 rings (SSSR count). The summed E-state index contributed by atoms with van der Waals surface area (Å²) in [4.78, 5) is 11.7. The van der Waals surface area contributed by atoms with Crippen LogP contribution in [-0.2, 0) is 4.79 Å². The Labute approximate surface area is 134 Å². The van der Waals surface area contributed by atoms with Crippen molar-refractivity contribution in [2.45, 2.75) is 46.0 Å². The number of rotatable bonds is 6. The summed E-state index contributed by atoms with van der Waals surface area (Å²) in [6.07, 6.45) is 4.87. The first kappa shape index (κ1) is 17.1. The SMILES string of the molecule is CCCCCCC(=O)NC(=S)Nc1ccc(C)cc1Br. The lowest BCUT2D eigenvalue weighted by atomic mass is 10.1. The van der Waals surface area contributed by atoms with Gasteiger partial charge in [-0.3, -0.25) is 4.79 Å². The molecule has 20 heavy (non-hydrogen) atoms.